The highest BCUT2D eigenvalue weighted by molar-refractivity contribution is 5.95. The number of furan rings is 1. The predicted octanol–water partition coefficient (Wildman–Crippen LogP) is 2.97. The van der Waals surface area contributed by atoms with Gasteiger partial charge in [-0.3, -0.25) is 4.79 Å². The highest BCUT2D eigenvalue weighted by Gasteiger charge is 2.20. The van der Waals surface area contributed by atoms with Crippen LogP contribution in [0, 0.1) is 6.92 Å². The van der Waals surface area contributed by atoms with E-state index in [-0.39, 0.29) is 0 Å². The molecule has 1 aromatic carbocycles. The summed E-state index contributed by atoms with van der Waals surface area (Å²) in [6.07, 6.45) is 1.63. The quantitative estimate of drug-likeness (QED) is 0.793. The summed E-state index contributed by atoms with van der Waals surface area (Å²) in [6, 6.07) is 11.3. The van der Waals surface area contributed by atoms with Crippen LogP contribution < -0.4 is 15.2 Å². The van der Waals surface area contributed by atoms with Crippen molar-refractivity contribution in [1.82, 2.24) is 4.57 Å². The van der Waals surface area contributed by atoms with Crippen LogP contribution in [0.4, 0.5) is 0 Å². The molecule has 0 spiro atoms. The van der Waals surface area contributed by atoms with E-state index in [0.29, 0.717) is 31.1 Å². The number of ether oxygens (including phenoxy) is 2. The van der Waals surface area contributed by atoms with Crippen LogP contribution in [-0.4, -0.2) is 23.7 Å². The number of carbonyl (C=O) groups excluding carboxylic acids is 1. The Morgan fingerprint density at radius 2 is 1.96 bits per heavy atom. The second kappa shape index (κ2) is 6.05. The normalized spacial score (nSPS) is 13.0. The van der Waals surface area contributed by atoms with Gasteiger partial charge in [0.2, 0.25) is 0 Å². The maximum atomic E-state index is 11.8. The highest BCUT2D eigenvalue weighted by atomic mass is 16.6. The van der Waals surface area contributed by atoms with Gasteiger partial charge in [0, 0.05) is 17.0 Å². The number of nitrogens with two attached hydrogens (primary N) is 1. The fraction of sp³-hybridized carbons (Fsp3) is 0.211. The van der Waals surface area contributed by atoms with E-state index in [0.717, 1.165) is 28.5 Å². The summed E-state index contributed by atoms with van der Waals surface area (Å²) >= 11 is 0. The Bertz CT molecular complexity index is 925. The summed E-state index contributed by atoms with van der Waals surface area (Å²) in [5, 5.41) is 0. The summed E-state index contributed by atoms with van der Waals surface area (Å²) in [4.78, 5) is 11.8. The fourth-order valence-corrected chi connectivity index (χ4v) is 3.10. The van der Waals surface area contributed by atoms with Gasteiger partial charge in [-0.15, -0.1) is 0 Å². The molecule has 2 aromatic heterocycles. The molecule has 2 N–H and O–H groups in total. The third-order valence-electron chi connectivity index (χ3n) is 4.36. The lowest BCUT2D eigenvalue weighted by atomic mass is 10.1. The number of aromatic nitrogens is 1. The molecule has 0 bridgehead atoms. The first kappa shape index (κ1) is 15.4. The molecule has 0 radical (unpaired) electrons. The zero-order valence-corrected chi connectivity index (χ0v) is 13.8. The molecule has 0 fully saturated rings. The molecule has 1 aliphatic heterocycles. The van der Waals surface area contributed by atoms with E-state index in [9.17, 15) is 4.79 Å². The molecule has 0 aliphatic carbocycles. The lowest BCUT2D eigenvalue weighted by Gasteiger charge is -2.19. The summed E-state index contributed by atoms with van der Waals surface area (Å²) in [6.45, 7) is 3.46. The smallest absolute Gasteiger partial charge is 0.250 e. The first-order valence-electron chi connectivity index (χ1n) is 8.06. The number of rotatable bonds is 4. The summed E-state index contributed by atoms with van der Waals surface area (Å²) in [7, 11) is 0. The number of nitrogens with zero attached hydrogens (tertiary/aromatic N) is 1. The van der Waals surface area contributed by atoms with Crippen LogP contribution in [0.5, 0.6) is 11.5 Å². The van der Waals surface area contributed by atoms with Crippen molar-refractivity contribution in [1.29, 1.82) is 0 Å². The molecule has 6 heteroatoms. The monoisotopic (exact) mass is 338 g/mol. The first-order chi connectivity index (χ1) is 12.1. The van der Waals surface area contributed by atoms with E-state index in [1.54, 1.807) is 6.26 Å². The molecule has 3 aromatic rings. The number of primary amides is 1. The van der Waals surface area contributed by atoms with Crippen LogP contribution in [0.2, 0.25) is 0 Å². The van der Waals surface area contributed by atoms with Crippen LogP contribution in [-0.2, 0) is 6.54 Å². The molecule has 0 saturated heterocycles. The topological polar surface area (TPSA) is 79.6 Å². The van der Waals surface area contributed by atoms with Gasteiger partial charge < -0.3 is 24.2 Å². The van der Waals surface area contributed by atoms with Crippen LogP contribution >= 0.6 is 0 Å². The predicted molar refractivity (Wildman–Crippen MR) is 91.9 cm³/mol. The van der Waals surface area contributed by atoms with Gasteiger partial charge in [-0.1, -0.05) is 0 Å². The van der Waals surface area contributed by atoms with Gasteiger partial charge >= 0.3 is 0 Å². The van der Waals surface area contributed by atoms with E-state index in [1.807, 2.05) is 47.9 Å². The second-order valence-electron chi connectivity index (χ2n) is 5.92. The largest absolute Gasteiger partial charge is 0.486 e. The molecule has 0 saturated carbocycles. The fourth-order valence-electron chi connectivity index (χ4n) is 3.10. The molecule has 0 atom stereocenters. The van der Waals surface area contributed by atoms with Crippen LogP contribution in [0.1, 0.15) is 21.8 Å². The van der Waals surface area contributed by atoms with E-state index in [4.69, 9.17) is 19.6 Å². The van der Waals surface area contributed by atoms with Crippen LogP contribution in [0.15, 0.2) is 47.1 Å². The number of hydrogen-bond acceptors (Lipinski definition) is 4. The van der Waals surface area contributed by atoms with Gasteiger partial charge in [0.1, 0.15) is 19.0 Å². The molecule has 3 heterocycles. The van der Waals surface area contributed by atoms with E-state index in [1.165, 1.54) is 0 Å². The number of fused-ring (bicyclic) bond motifs is 1. The molecule has 6 nitrogen and oxygen atoms in total. The van der Waals surface area contributed by atoms with E-state index < -0.39 is 5.91 Å². The van der Waals surface area contributed by atoms with Crippen LogP contribution in [0.3, 0.4) is 0 Å². The lowest BCUT2D eigenvalue weighted by molar-refractivity contribution is 0.0999. The average molecular weight is 338 g/mol. The zero-order valence-electron chi connectivity index (χ0n) is 13.8. The summed E-state index contributed by atoms with van der Waals surface area (Å²) < 4.78 is 18.7. The Kier molecular flexibility index (Phi) is 3.72. The minimum atomic E-state index is -0.450. The Balaban J connectivity index is 1.82. The van der Waals surface area contributed by atoms with Gasteiger partial charge in [-0.05, 0) is 43.3 Å². The van der Waals surface area contributed by atoms with Gasteiger partial charge in [0.05, 0.1) is 18.4 Å². The zero-order chi connectivity index (χ0) is 17.4. The molecule has 25 heavy (non-hydrogen) atoms. The van der Waals surface area contributed by atoms with Gasteiger partial charge in [0.15, 0.2) is 11.5 Å². The molecule has 0 unspecified atom stereocenters. The van der Waals surface area contributed by atoms with Crippen molar-refractivity contribution in [2.75, 3.05) is 13.2 Å². The van der Waals surface area contributed by atoms with Gasteiger partial charge in [-0.2, -0.15) is 0 Å². The number of carbonyl (C=O) groups is 1. The van der Waals surface area contributed by atoms with Crippen molar-refractivity contribution >= 4 is 5.91 Å². The summed E-state index contributed by atoms with van der Waals surface area (Å²) in [5.41, 5.74) is 8.63. The third kappa shape index (κ3) is 2.76. The van der Waals surface area contributed by atoms with Crippen molar-refractivity contribution in [3.63, 3.8) is 0 Å². The highest BCUT2D eigenvalue weighted by Crippen LogP contribution is 2.36. The minimum Gasteiger partial charge on any atom is -0.486 e. The molecule has 4 rings (SSSR count). The van der Waals surface area contributed by atoms with Gasteiger partial charge in [-0.25, -0.2) is 0 Å². The molecule has 1 amide bonds. The second-order valence-corrected chi connectivity index (χ2v) is 5.92. The van der Waals surface area contributed by atoms with Crippen molar-refractivity contribution in [2.45, 2.75) is 13.5 Å². The number of amides is 1. The van der Waals surface area contributed by atoms with E-state index >= 15 is 0 Å². The molecular formula is C19H18N2O4. The van der Waals surface area contributed by atoms with Gasteiger partial charge in [0.25, 0.3) is 5.91 Å². The SMILES string of the molecule is Cc1c(C(N)=O)cc(-c2ccc3c(c2)OCCO3)n1Cc1ccco1. The van der Waals surface area contributed by atoms with Crippen molar-refractivity contribution in [3.05, 3.63) is 59.7 Å². The van der Waals surface area contributed by atoms with E-state index in [2.05, 4.69) is 0 Å². The average Bonchev–Trinajstić information content (AvgIpc) is 3.24. The Morgan fingerprint density at radius 1 is 1.16 bits per heavy atom. The van der Waals surface area contributed by atoms with Crippen molar-refractivity contribution in [2.24, 2.45) is 5.73 Å². The molecular weight excluding hydrogens is 320 g/mol. The van der Waals surface area contributed by atoms with Crippen molar-refractivity contribution in [3.8, 4) is 22.8 Å². The third-order valence-corrected chi connectivity index (χ3v) is 4.36. The Hall–Kier alpha value is -3.15. The van der Waals surface area contributed by atoms with Crippen LogP contribution in [0.25, 0.3) is 11.3 Å². The molecule has 128 valence electrons. The first-order valence-corrected chi connectivity index (χ1v) is 8.06. The Labute approximate surface area is 144 Å². The standard InChI is InChI=1S/C19H18N2O4/c1-12-15(19(20)22)10-16(21(12)11-14-3-2-6-23-14)13-4-5-17-18(9-13)25-8-7-24-17/h2-6,9-10H,7-8,11H2,1H3,(H2,20,22). The minimum absolute atomic E-state index is 0.450. The number of benzene rings is 1. The maximum Gasteiger partial charge on any atom is 0.250 e. The maximum absolute atomic E-state index is 11.8. The summed E-state index contributed by atoms with van der Waals surface area (Å²) in [5.74, 6) is 1.78. The Morgan fingerprint density at radius 3 is 2.68 bits per heavy atom. The number of hydrogen-bond donors (Lipinski definition) is 1. The van der Waals surface area contributed by atoms with Crippen molar-refractivity contribution < 1.29 is 18.7 Å². The molecule has 1 aliphatic rings. The lowest BCUT2D eigenvalue weighted by Crippen LogP contribution is -2.15.